The van der Waals surface area contributed by atoms with E-state index in [2.05, 4.69) is 41.5 Å². The van der Waals surface area contributed by atoms with Crippen LogP contribution < -0.4 is 0 Å². The van der Waals surface area contributed by atoms with E-state index in [1.165, 1.54) is 25.7 Å². The van der Waals surface area contributed by atoms with Gasteiger partial charge >= 0.3 is 0 Å². The molecule has 0 radical (unpaired) electrons. The minimum atomic E-state index is 0.617. The molecule has 0 nitrogen and oxygen atoms in total. The Kier molecular flexibility index (Phi) is 4.26. The van der Waals surface area contributed by atoms with Crippen molar-refractivity contribution in [1.82, 2.24) is 0 Å². The first-order valence-electron chi connectivity index (χ1n) is 6.93. The van der Waals surface area contributed by atoms with E-state index in [1.54, 1.807) is 0 Å². The van der Waals surface area contributed by atoms with Gasteiger partial charge in [-0.1, -0.05) is 54.4 Å². The molecule has 0 aliphatic heterocycles. The van der Waals surface area contributed by atoms with Crippen LogP contribution in [0.5, 0.6) is 0 Å². The lowest BCUT2D eigenvalue weighted by molar-refractivity contribution is -0.0318. The van der Waals surface area contributed by atoms with Gasteiger partial charge in [0.25, 0.3) is 0 Å². The average molecular weight is 210 g/mol. The second-order valence-electron chi connectivity index (χ2n) is 6.52. The van der Waals surface area contributed by atoms with Crippen LogP contribution in [-0.2, 0) is 0 Å². The summed E-state index contributed by atoms with van der Waals surface area (Å²) in [6, 6.07) is 0. The smallest absolute Gasteiger partial charge is 0.0221 e. The van der Waals surface area contributed by atoms with Crippen LogP contribution in [0.15, 0.2) is 0 Å². The van der Waals surface area contributed by atoms with Gasteiger partial charge in [-0.05, 0) is 41.9 Å². The highest BCUT2D eigenvalue weighted by atomic mass is 14.5. The van der Waals surface area contributed by atoms with Crippen LogP contribution >= 0.6 is 0 Å². The van der Waals surface area contributed by atoms with Crippen LogP contribution in [0, 0.1) is 29.1 Å². The van der Waals surface area contributed by atoms with Crippen LogP contribution in [-0.4, -0.2) is 0 Å². The third kappa shape index (κ3) is 2.24. The van der Waals surface area contributed by atoms with Crippen LogP contribution in [0.4, 0.5) is 0 Å². The molecule has 0 unspecified atom stereocenters. The predicted octanol–water partition coefficient (Wildman–Crippen LogP) is 5.13. The Morgan fingerprint density at radius 2 is 1.40 bits per heavy atom. The van der Waals surface area contributed by atoms with Crippen molar-refractivity contribution in [3.63, 3.8) is 0 Å². The quantitative estimate of drug-likeness (QED) is 0.605. The highest BCUT2D eigenvalue weighted by molar-refractivity contribution is 4.95. The van der Waals surface area contributed by atoms with Gasteiger partial charge in [0.15, 0.2) is 0 Å². The topological polar surface area (TPSA) is 0 Å². The maximum Gasteiger partial charge on any atom is -0.0221 e. The van der Waals surface area contributed by atoms with Gasteiger partial charge in [-0.15, -0.1) is 0 Å². The molecule has 0 heteroatoms. The van der Waals surface area contributed by atoms with Crippen molar-refractivity contribution in [2.75, 3.05) is 0 Å². The summed E-state index contributed by atoms with van der Waals surface area (Å²) >= 11 is 0. The lowest BCUT2D eigenvalue weighted by atomic mass is 9.53. The maximum absolute atomic E-state index is 2.45. The SMILES string of the molecule is CC(C)[C@@H]1CCCCC1(C(C)C)C(C)C. The molecule has 1 atom stereocenters. The molecular weight excluding hydrogens is 180 g/mol. The van der Waals surface area contributed by atoms with Gasteiger partial charge in [0.05, 0.1) is 0 Å². The predicted molar refractivity (Wildman–Crippen MR) is 68.9 cm³/mol. The molecule has 0 spiro atoms. The lowest BCUT2D eigenvalue weighted by Crippen LogP contribution is -2.45. The number of hydrogen-bond donors (Lipinski definition) is 0. The average Bonchev–Trinajstić information content (AvgIpc) is 2.16. The summed E-state index contributed by atoms with van der Waals surface area (Å²) in [4.78, 5) is 0. The lowest BCUT2D eigenvalue weighted by Gasteiger charge is -2.52. The van der Waals surface area contributed by atoms with E-state index in [-0.39, 0.29) is 0 Å². The van der Waals surface area contributed by atoms with E-state index in [1.807, 2.05) is 0 Å². The molecule has 1 aliphatic rings. The Balaban J connectivity index is 2.99. The van der Waals surface area contributed by atoms with Crippen molar-refractivity contribution < 1.29 is 0 Å². The van der Waals surface area contributed by atoms with Crippen LogP contribution in [0.25, 0.3) is 0 Å². The Morgan fingerprint density at radius 3 is 1.73 bits per heavy atom. The first-order chi connectivity index (χ1) is 6.93. The molecule has 0 bridgehead atoms. The summed E-state index contributed by atoms with van der Waals surface area (Å²) in [7, 11) is 0. The second kappa shape index (κ2) is 4.89. The molecule has 0 N–H and O–H groups in total. The molecule has 1 rings (SSSR count). The van der Waals surface area contributed by atoms with Crippen molar-refractivity contribution in [2.24, 2.45) is 29.1 Å². The summed E-state index contributed by atoms with van der Waals surface area (Å²) < 4.78 is 0. The molecule has 0 heterocycles. The van der Waals surface area contributed by atoms with Gasteiger partial charge in [-0.25, -0.2) is 0 Å². The Morgan fingerprint density at radius 1 is 0.867 bits per heavy atom. The van der Waals surface area contributed by atoms with E-state index in [9.17, 15) is 0 Å². The van der Waals surface area contributed by atoms with Crippen LogP contribution in [0.1, 0.15) is 67.2 Å². The van der Waals surface area contributed by atoms with Crippen molar-refractivity contribution >= 4 is 0 Å². The minimum Gasteiger partial charge on any atom is -0.0625 e. The van der Waals surface area contributed by atoms with E-state index in [0.29, 0.717) is 5.41 Å². The first-order valence-corrected chi connectivity index (χ1v) is 6.93. The fourth-order valence-corrected chi connectivity index (χ4v) is 4.30. The summed E-state index contributed by atoms with van der Waals surface area (Å²) in [5.74, 6) is 3.48. The molecule has 0 aromatic carbocycles. The van der Waals surface area contributed by atoms with Gasteiger partial charge in [0.1, 0.15) is 0 Å². The molecule has 1 fully saturated rings. The molecule has 1 saturated carbocycles. The van der Waals surface area contributed by atoms with E-state index in [0.717, 1.165) is 23.7 Å². The molecule has 15 heavy (non-hydrogen) atoms. The monoisotopic (exact) mass is 210 g/mol. The van der Waals surface area contributed by atoms with Crippen molar-refractivity contribution in [1.29, 1.82) is 0 Å². The summed E-state index contributed by atoms with van der Waals surface area (Å²) in [6.07, 6.45) is 5.85. The number of hydrogen-bond acceptors (Lipinski definition) is 0. The Hall–Kier alpha value is 0. The maximum atomic E-state index is 2.45. The fraction of sp³-hybridized carbons (Fsp3) is 1.00. The Labute approximate surface area is 96.8 Å². The van der Waals surface area contributed by atoms with Crippen molar-refractivity contribution in [3.05, 3.63) is 0 Å². The van der Waals surface area contributed by atoms with Gasteiger partial charge in [-0.3, -0.25) is 0 Å². The van der Waals surface area contributed by atoms with Gasteiger partial charge in [-0.2, -0.15) is 0 Å². The fourth-order valence-electron chi connectivity index (χ4n) is 4.30. The molecule has 1 aliphatic carbocycles. The summed E-state index contributed by atoms with van der Waals surface area (Å²) in [5, 5.41) is 0. The normalized spacial score (nSPS) is 26.6. The van der Waals surface area contributed by atoms with Gasteiger partial charge in [0, 0.05) is 0 Å². The van der Waals surface area contributed by atoms with Gasteiger partial charge < -0.3 is 0 Å². The highest BCUT2D eigenvalue weighted by Gasteiger charge is 2.46. The number of rotatable bonds is 3. The second-order valence-corrected chi connectivity index (χ2v) is 6.52. The van der Waals surface area contributed by atoms with E-state index < -0.39 is 0 Å². The highest BCUT2D eigenvalue weighted by Crippen LogP contribution is 2.54. The zero-order chi connectivity index (χ0) is 11.6. The molecule has 0 aromatic rings. The molecule has 90 valence electrons. The zero-order valence-corrected chi connectivity index (χ0v) is 11.6. The zero-order valence-electron chi connectivity index (χ0n) is 11.6. The third-order valence-corrected chi connectivity index (χ3v) is 5.02. The summed E-state index contributed by atoms with van der Waals surface area (Å²) in [5.41, 5.74) is 0.617. The minimum absolute atomic E-state index is 0.617. The largest absolute Gasteiger partial charge is 0.0625 e. The Bertz CT molecular complexity index is 180. The molecule has 0 aromatic heterocycles. The standard InChI is InChI=1S/C15H30/c1-11(2)14-9-7-8-10-15(14,12(3)4)13(5)6/h11-14H,7-10H2,1-6H3/t14-/m0/s1. The van der Waals surface area contributed by atoms with Crippen molar-refractivity contribution in [2.45, 2.75) is 67.2 Å². The summed E-state index contributed by atoms with van der Waals surface area (Å²) in [6.45, 7) is 14.6. The molecule has 0 amide bonds. The van der Waals surface area contributed by atoms with E-state index in [4.69, 9.17) is 0 Å². The van der Waals surface area contributed by atoms with Crippen molar-refractivity contribution in [3.8, 4) is 0 Å². The first kappa shape index (κ1) is 13.1. The third-order valence-electron chi connectivity index (χ3n) is 5.02. The van der Waals surface area contributed by atoms with Crippen LogP contribution in [0.3, 0.4) is 0 Å². The molecular formula is C15H30. The van der Waals surface area contributed by atoms with Gasteiger partial charge in [0.2, 0.25) is 0 Å². The van der Waals surface area contributed by atoms with E-state index >= 15 is 0 Å². The molecule has 0 saturated heterocycles. The van der Waals surface area contributed by atoms with Crippen LogP contribution in [0.2, 0.25) is 0 Å².